The summed E-state index contributed by atoms with van der Waals surface area (Å²) in [5, 5.41) is 1.20. The number of ether oxygens (including phenoxy) is 1. The molecule has 3 aromatic rings. The van der Waals surface area contributed by atoms with Crippen molar-refractivity contribution < 1.29 is 4.74 Å². The number of hydrogen-bond donors (Lipinski definition) is 2. The number of hydrogen-bond acceptors (Lipinski definition) is 2. The summed E-state index contributed by atoms with van der Waals surface area (Å²) in [6, 6.07) is 14.1. The van der Waals surface area contributed by atoms with Gasteiger partial charge in [-0.05, 0) is 23.8 Å². The van der Waals surface area contributed by atoms with Crippen LogP contribution in [0.1, 0.15) is 0 Å². The Hall–Kier alpha value is -2.42. The molecule has 0 bridgehead atoms. The van der Waals surface area contributed by atoms with E-state index in [9.17, 15) is 0 Å². The van der Waals surface area contributed by atoms with E-state index in [1.165, 1.54) is 5.39 Å². The number of H-pyrrole nitrogens is 1. The fourth-order valence-corrected chi connectivity index (χ4v) is 2.21. The Balaban J connectivity index is 2.17. The van der Waals surface area contributed by atoms with Crippen molar-refractivity contribution in [2.75, 3.05) is 12.8 Å². The maximum absolute atomic E-state index is 5.95. The summed E-state index contributed by atoms with van der Waals surface area (Å²) >= 11 is 0. The van der Waals surface area contributed by atoms with E-state index in [1.54, 1.807) is 7.11 Å². The zero-order chi connectivity index (χ0) is 12.5. The second-order valence-electron chi connectivity index (χ2n) is 4.20. The molecule has 2 aromatic carbocycles. The van der Waals surface area contributed by atoms with Crippen LogP contribution in [0.4, 0.5) is 5.69 Å². The van der Waals surface area contributed by atoms with Crippen LogP contribution in [0.3, 0.4) is 0 Å². The monoisotopic (exact) mass is 238 g/mol. The van der Waals surface area contributed by atoms with Crippen molar-refractivity contribution in [3.63, 3.8) is 0 Å². The Labute approximate surface area is 105 Å². The molecule has 0 saturated heterocycles. The molecule has 18 heavy (non-hydrogen) atoms. The van der Waals surface area contributed by atoms with Crippen LogP contribution in [0, 0.1) is 0 Å². The van der Waals surface area contributed by atoms with Gasteiger partial charge in [-0.15, -0.1) is 0 Å². The summed E-state index contributed by atoms with van der Waals surface area (Å²) < 4.78 is 5.17. The number of aromatic amines is 1. The van der Waals surface area contributed by atoms with Gasteiger partial charge in [0.1, 0.15) is 5.75 Å². The zero-order valence-electron chi connectivity index (χ0n) is 10.1. The SMILES string of the molecule is COc1ccc(-c2c[nH]c3ccccc23)cc1N. The molecule has 1 heterocycles. The lowest BCUT2D eigenvalue weighted by atomic mass is 10.0. The molecule has 0 amide bonds. The summed E-state index contributed by atoms with van der Waals surface area (Å²) in [7, 11) is 1.62. The standard InChI is InChI=1S/C15H14N2O/c1-18-15-7-6-10(8-13(15)16)12-9-17-14-5-3-2-4-11(12)14/h2-9,17H,16H2,1H3. The molecule has 0 atom stereocenters. The highest BCUT2D eigenvalue weighted by Gasteiger charge is 2.07. The van der Waals surface area contributed by atoms with Crippen molar-refractivity contribution >= 4 is 16.6 Å². The number of nitrogen functional groups attached to an aromatic ring is 1. The normalized spacial score (nSPS) is 10.7. The molecule has 0 fully saturated rings. The van der Waals surface area contributed by atoms with Crippen LogP contribution in [0.15, 0.2) is 48.7 Å². The lowest BCUT2D eigenvalue weighted by molar-refractivity contribution is 0.417. The first-order valence-electron chi connectivity index (χ1n) is 5.79. The van der Waals surface area contributed by atoms with E-state index in [0.717, 1.165) is 16.6 Å². The molecule has 0 aliphatic carbocycles. The van der Waals surface area contributed by atoms with E-state index in [2.05, 4.69) is 17.1 Å². The fourth-order valence-electron chi connectivity index (χ4n) is 2.21. The van der Waals surface area contributed by atoms with Crippen LogP contribution in [0.5, 0.6) is 5.75 Å². The van der Waals surface area contributed by atoms with E-state index >= 15 is 0 Å². The molecule has 0 spiro atoms. The molecule has 3 nitrogen and oxygen atoms in total. The van der Waals surface area contributed by atoms with Crippen molar-refractivity contribution in [2.45, 2.75) is 0 Å². The van der Waals surface area contributed by atoms with Gasteiger partial charge >= 0.3 is 0 Å². The van der Waals surface area contributed by atoms with Gasteiger partial charge in [0.15, 0.2) is 0 Å². The fraction of sp³-hybridized carbons (Fsp3) is 0.0667. The van der Waals surface area contributed by atoms with Crippen molar-refractivity contribution in [3.8, 4) is 16.9 Å². The number of rotatable bonds is 2. The van der Waals surface area contributed by atoms with Crippen LogP contribution in [0.2, 0.25) is 0 Å². The average Bonchev–Trinajstić information content (AvgIpc) is 2.82. The maximum atomic E-state index is 5.95. The summed E-state index contributed by atoms with van der Waals surface area (Å²) in [6.45, 7) is 0. The van der Waals surface area contributed by atoms with Crippen molar-refractivity contribution in [1.29, 1.82) is 0 Å². The minimum absolute atomic E-state index is 0.653. The maximum Gasteiger partial charge on any atom is 0.141 e. The van der Waals surface area contributed by atoms with Gasteiger partial charge in [-0.3, -0.25) is 0 Å². The molecular weight excluding hydrogens is 224 g/mol. The highest BCUT2D eigenvalue weighted by molar-refractivity contribution is 5.96. The first kappa shape index (κ1) is 10.7. The smallest absolute Gasteiger partial charge is 0.141 e. The molecule has 3 heteroatoms. The number of nitrogens with two attached hydrogens (primary N) is 1. The number of benzene rings is 2. The van der Waals surface area contributed by atoms with Crippen LogP contribution in [-0.2, 0) is 0 Å². The van der Waals surface area contributed by atoms with E-state index in [1.807, 2.05) is 36.5 Å². The van der Waals surface area contributed by atoms with Crippen molar-refractivity contribution in [3.05, 3.63) is 48.7 Å². The molecule has 0 unspecified atom stereocenters. The molecule has 0 radical (unpaired) electrons. The summed E-state index contributed by atoms with van der Waals surface area (Å²) in [5.74, 6) is 0.707. The van der Waals surface area contributed by atoms with Gasteiger partial charge in [-0.25, -0.2) is 0 Å². The number of methoxy groups -OCH3 is 1. The second kappa shape index (κ2) is 4.11. The molecule has 0 aliphatic rings. The van der Waals surface area contributed by atoms with Gasteiger partial charge in [0.25, 0.3) is 0 Å². The Morgan fingerprint density at radius 1 is 1.11 bits per heavy atom. The molecule has 1 aromatic heterocycles. The third-order valence-electron chi connectivity index (χ3n) is 3.13. The predicted molar refractivity (Wildman–Crippen MR) is 74.7 cm³/mol. The van der Waals surface area contributed by atoms with Crippen molar-refractivity contribution in [1.82, 2.24) is 4.98 Å². The Morgan fingerprint density at radius 2 is 1.94 bits per heavy atom. The Kier molecular flexibility index (Phi) is 2.45. The summed E-state index contributed by atoms with van der Waals surface area (Å²) in [4.78, 5) is 3.26. The topological polar surface area (TPSA) is 51.0 Å². The lowest BCUT2D eigenvalue weighted by Crippen LogP contribution is -1.92. The average molecular weight is 238 g/mol. The Morgan fingerprint density at radius 3 is 2.72 bits per heavy atom. The highest BCUT2D eigenvalue weighted by atomic mass is 16.5. The molecular formula is C15H14N2O. The minimum atomic E-state index is 0.653. The third-order valence-corrected chi connectivity index (χ3v) is 3.13. The third kappa shape index (κ3) is 1.61. The van der Waals surface area contributed by atoms with Gasteiger partial charge in [-0.2, -0.15) is 0 Å². The predicted octanol–water partition coefficient (Wildman–Crippen LogP) is 3.43. The molecule has 0 saturated carbocycles. The molecule has 3 N–H and O–H groups in total. The van der Waals surface area contributed by atoms with Crippen LogP contribution < -0.4 is 10.5 Å². The van der Waals surface area contributed by atoms with Gasteiger partial charge in [0.05, 0.1) is 12.8 Å². The zero-order valence-corrected chi connectivity index (χ0v) is 10.1. The van der Waals surface area contributed by atoms with Crippen LogP contribution in [0.25, 0.3) is 22.0 Å². The first-order valence-corrected chi connectivity index (χ1v) is 5.79. The van der Waals surface area contributed by atoms with Crippen LogP contribution in [-0.4, -0.2) is 12.1 Å². The number of para-hydroxylation sites is 1. The highest BCUT2D eigenvalue weighted by Crippen LogP contribution is 2.32. The van der Waals surface area contributed by atoms with Gasteiger partial charge in [-0.1, -0.05) is 24.3 Å². The van der Waals surface area contributed by atoms with Gasteiger partial charge in [0.2, 0.25) is 0 Å². The second-order valence-corrected chi connectivity index (χ2v) is 4.20. The first-order chi connectivity index (χ1) is 8.79. The van der Waals surface area contributed by atoms with Crippen LogP contribution >= 0.6 is 0 Å². The number of fused-ring (bicyclic) bond motifs is 1. The molecule has 90 valence electrons. The van der Waals surface area contributed by atoms with E-state index in [-0.39, 0.29) is 0 Å². The van der Waals surface area contributed by atoms with E-state index in [4.69, 9.17) is 10.5 Å². The molecule has 3 rings (SSSR count). The number of nitrogens with one attached hydrogen (secondary N) is 1. The number of aromatic nitrogens is 1. The number of anilines is 1. The van der Waals surface area contributed by atoms with E-state index < -0.39 is 0 Å². The van der Waals surface area contributed by atoms with Gasteiger partial charge < -0.3 is 15.5 Å². The van der Waals surface area contributed by atoms with Gasteiger partial charge in [0, 0.05) is 22.7 Å². The quantitative estimate of drug-likeness (QED) is 0.672. The van der Waals surface area contributed by atoms with Crippen molar-refractivity contribution in [2.24, 2.45) is 0 Å². The minimum Gasteiger partial charge on any atom is -0.495 e. The summed E-state index contributed by atoms with van der Waals surface area (Å²) in [5.41, 5.74) is 9.97. The van der Waals surface area contributed by atoms with E-state index in [0.29, 0.717) is 11.4 Å². The summed E-state index contributed by atoms with van der Waals surface area (Å²) in [6.07, 6.45) is 2.01. The Bertz CT molecular complexity index is 701. The largest absolute Gasteiger partial charge is 0.495 e. The molecule has 0 aliphatic heterocycles. The lowest BCUT2D eigenvalue weighted by Gasteiger charge is -2.06.